The maximum absolute atomic E-state index is 14.0. The number of sulfonamides is 1. The van der Waals surface area contributed by atoms with Crippen LogP contribution in [0.15, 0.2) is 47.4 Å². The fourth-order valence-corrected chi connectivity index (χ4v) is 6.01. The second kappa shape index (κ2) is 9.95. The number of nitro groups is 1. The second-order valence-corrected chi connectivity index (χ2v) is 10.8. The Hall–Kier alpha value is -2.60. The Balaban J connectivity index is 1.60. The van der Waals surface area contributed by atoms with Gasteiger partial charge in [0.1, 0.15) is 11.5 Å². The van der Waals surface area contributed by atoms with Crippen LogP contribution in [0.4, 0.5) is 15.8 Å². The summed E-state index contributed by atoms with van der Waals surface area (Å²) in [7, 11) is -1.92. The summed E-state index contributed by atoms with van der Waals surface area (Å²) in [5, 5.41) is 15.0. The summed E-state index contributed by atoms with van der Waals surface area (Å²) in [5.41, 5.74) is 0.264. The highest BCUT2D eigenvalue weighted by Gasteiger charge is 2.36. The summed E-state index contributed by atoms with van der Waals surface area (Å²) in [6.07, 6.45) is 1.26. The van der Waals surface area contributed by atoms with E-state index in [1.54, 1.807) is 6.07 Å². The minimum atomic E-state index is -3.84. The third-order valence-electron chi connectivity index (χ3n) is 6.77. The van der Waals surface area contributed by atoms with Crippen molar-refractivity contribution in [1.82, 2.24) is 9.21 Å². The number of nitro benzene ring substituents is 1. The first kappa shape index (κ1) is 24.5. The molecule has 0 radical (unpaired) electrons. The summed E-state index contributed by atoms with van der Waals surface area (Å²) in [6, 6.07) is 10.4. The van der Waals surface area contributed by atoms with Gasteiger partial charge >= 0.3 is 0 Å². The number of hydrogen-bond donors (Lipinski definition) is 1. The quantitative estimate of drug-likeness (QED) is 0.468. The first-order valence-corrected chi connectivity index (χ1v) is 12.7. The fourth-order valence-electron chi connectivity index (χ4n) is 4.56. The number of likely N-dealkylation sites (N-methyl/N-ethyl adjacent to an activating group) is 1. The van der Waals surface area contributed by atoms with Crippen molar-refractivity contribution in [1.29, 1.82) is 0 Å². The topological polar surface area (TPSA) is 105 Å². The molecule has 0 spiro atoms. The summed E-state index contributed by atoms with van der Waals surface area (Å²) >= 11 is 0. The highest BCUT2D eigenvalue weighted by atomic mass is 32.2. The number of nitrogens with one attached hydrogen (secondary N) is 1. The van der Waals surface area contributed by atoms with E-state index in [4.69, 9.17) is 4.74 Å². The zero-order valence-corrected chi connectivity index (χ0v) is 19.9. The highest BCUT2D eigenvalue weighted by molar-refractivity contribution is 7.89. The zero-order chi connectivity index (χ0) is 24.3. The summed E-state index contributed by atoms with van der Waals surface area (Å²) in [4.78, 5) is 13.2. The lowest BCUT2D eigenvalue weighted by Gasteiger charge is -2.38. The van der Waals surface area contributed by atoms with Gasteiger partial charge in [0.15, 0.2) is 0 Å². The van der Waals surface area contributed by atoms with Gasteiger partial charge in [-0.3, -0.25) is 10.1 Å². The molecule has 2 aliphatic rings. The molecule has 9 nitrogen and oxygen atoms in total. The lowest BCUT2D eigenvalue weighted by Crippen LogP contribution is -2.47. The maximum atomic E-state index is 14.0. The Morgan fingerprint density at radius 3 is 2.47 bits per heavy atom. The van der Waals surface area contributed by atoms with Crippen LogP contribution >= 0.6 is 0 Å². The molecule has 2 fully saturated rings. The summed E-state index contributed by atoms with van der Waals surface area (Å²) in [5.74, 6) is -0.340. The second-order valence-electron chi connectivity index (χ2n) is 8.90. The molecule has 0 saturated carbocycles. The maximum Gasteiger partial charge on any atom is 0.293 e. The molecule has 11 heteroatoms. The molecular weight excluding hydrogens is 463 g/mol. The predicted octanol–water partition coefficient (Wildman–Crippen LogP) is 2.83. The van der Waals surface area contributed by atoms with Gasteiger partial charge in [0.2, 0.25) is 10.0 Å². The van der Waals surface area contributed by atoms with Gasteiger partial charge in [0.25, 0.3) is 5.69 Å². The van der Waals surface area contributed by atoms with Crippen LogP contribution < -0.4 is 5.32 Å². The molecule has 0 aliphatic carbocycles. The number of nitrogens with zero attached hydrogens (tertiary/aromatic N) is 3. The van der Waals surface area contributed by atoms with E-state index in [1.165, 1.54) is 28.6 Å². The molecule has 0 amide bonds. The van der Waals surface area contributed by atoms with E-state index in [2.05, 4.69) is 5.32 Å². The van der Waals surface area contributed by atoms with E-state index < -0.39 is 20.4 Å². The van der Waals surface area contributed by atoms with Gasteiger partial charge in [-0.1, -0.05) is 12.1 Å². The molecule has 0 atom stereocenters. The minimum Gasteiger partial charge on any atom is -0.381 e. The van der Waals surface area contributed by atoms with E-state index in [1.807, 2.05) is 18.0 Å². The molecule has 2 aromatic rings. The summed E-state index contributed by atoms with van der Waals surface area (Å²) in [6.45, 7) is 3.21. The van der Waals surface area contributed by atoms with Crippen molar-refractivity contribution < 1.29 is 22.5 Å². The molecule has 0 aromatic heterocycles. The normalized spacial score (nSPS) is 19.6. The number of ether oxygens (including phenoxy) is 1. The number of hydrogen-bond acceptors (Lipinski definition) is 7. The molecule has 34 heavy (non-hydrogen) atoms. The first-order valence-electron chi connectivity index (χ1n) is 11.3. The Morgan fingerprint density at radius 2 is 1.82 bits per heavy atom. The average Bonchev–Trinajstić information content (AvgIpc) is 2.83. The molecule has 0 bridgehead atoms. The molecule has 0 unspecified atom stereocenters. The first-order chi connectivity index (χ1) is 16.2. The Morgan fingerprint density at radius 1 is 1.12 bits per heavy atom. The lowest BCUT2D eigenvalue weighted by molar-refractivity contribution is -0.384. The zero-order valence-electron chi connectivity index (χ0n) is 19.1. The molecule has 1 N–H and O–H groups in total. The van der Waals surface area contributed by atoms with Crippen molar-refractivity contribution >= 4 is 21.4 Å². The standard InChI is InChI=1S/C23H29FN4O5S/c1-26-9-11-27(12-10-26)34(31,32)20-5-6-21(22(16-20)28(29)30)25-17-23(7-13-33-14-8-23)18-3-2-4-19(24)15-18/h2-6,15-16,25H,7-14,17H2,1H3. The molecule has 2 saturated heterocycles. The molecule has 2 aliphatic heterocycles. The number of benzene rings is 2. The van der Waals surface area contributed by atoms with Crippen molar-refractivity contribution in [3.8, 4) is 0 Å². The van der Waals surface area contributed by atoms with E-state index in [0.29, 0.717) is 58.8 Å². The number of rotatable bonds is 7. The molecule has 2 heterocycles. The van der Waals surface area contributed by atoms with Crippen LogP contribution in [0, 0.1) is 15.9 Å². The SMILES string of the molecule is CN1CCN(S(=O)(=O)c2ccc(NCC3(c4cccc(F)c4)CCOCC3)c([N+](=O)[O-])c2)CC1. The molecule has 2 aromatic carbocycles. The smallest absolute Gasteiger partial charge is 0.293 e. The predicted molar refractivity (Wildman–Crippen MR) is 126 cm³/mol. The molecule has 184 valence electrons. The van der Waals surface area contributed by atoms with Crippen LogP contribution in [0.25, 0.3) is 0 Å². The van der Waals surface area contributed by atoms with Gasteiger partial charge in [0.05, 0.1) is 9.82 Å². The van der Waals surface area contributed by atoms with Crippen molar-refractivity contribution in [3.63, 3.8) is 0 Å². The van der Waals surface area contributed by atoms with Crippen molar-refractivity contribution in [2.24, 2.45) is 0 Å². The van der Waals surface area contributed by atoms with Crippen LogP contribution in [0.5, 0.6) is 0 Å². The van der Waals surface area contributed by atoms with Crippen LogP contribution in [0.1, 0.15) is 18.4 Å². The number of anilines is 1. The van der Waals surface area contributed by atoms with Gasteiger partial charge in [-0.25, -0.2) is 12.8 Å². The monoisotopic (exact) mass is 492 g/mol. The van der Waals surface area contributed by atoms with Gasteiger partial charge in [0, 0.05) is 57.4 Å². The summed E-state index contributed by atoms with van der Waals surface area (Å²) < 4.78 is 47.0. The third kappa shape index (κ3) is 5.07. The van der Waals surface area contributed by atoms with Gasteiger partial charge < -0.3 is 15.0 Å². The Labute approximate surface area is 198 Å². The van der Waals surface area contributed by atoms with Crippen LogP contribution in [0.2, 0.25) is 0 Å². The highest BCUT2D eigenvalue weighted by Crippen LogP contribution is 2.37. The Kier molecular flexibility index (Phi) is 7.17. The van der Waals surface area contributed by atoms with Crippen LogP contribution in [0.3, 0.4) is 0 Å². The van der Waals surface area contributed by atoms with E-state index in [9.17, 15) is 22.9 Å². The van der Waals surface area contributed by atoms with E-state index in [-0.39, 0.29) is 22.1 Å². The minimum absolute atomic E-state index is 0.0970. The number of halogens is 1. The van der Waals surface area contributed by atoms with Crippen molar-refractivity contribution in [2.75, 3.05) is 58.3 Å². The molecule has 4 rings (SSSR count). The van der Waals surface area contributed by atoms with Crippen LogP contribution in [-0.4, -0.2) is 75.5 Å². The third-order valence-corrected chi connectivity index (χ3v) is 8.66. The van der Waals surface area contributed by atoms with Gasteiger partial charge in [-0.2, -0.15) is 4.31 Å². The largest absolute Gasteiger partial charge is 0.381 e. The van der Waals surface area contributed by atoms with E-state index in [0.717, 1.165) is 11.6 Å². The average molecular weight is 493 g/mol. The number of piperazine rings is 1. The fraction of sp³-hybridized carbons (Fsp3) is 0.478. The van der Waals surface area contributed by atoms with Crippen LogP contribution in [-0.2, 0) is 20.2 Å². The van der Waals surface area contributed by atoms with Gasteiger partial charge in [-0.15, -0.1) is 0 Å². The lowest BCUT2D eigenvalue weighted by atomic mass is 9.74. The molecular formula is C23H29FN4O5S. The van der Waals surface area contributed by atoms with Crippen molar-refractivity contribution in [2.45, 2.75) is 23.2 Å². The van der Waals surface area contributed by atoms with Crippen molar-refractivity contribution in [3.05, 3.63) is 64.0 Å². The van der Waals surface area contributed by atoms with Gasteiger partial charge in [-0.05, 0) is 49.7 Å². The van der Waals surface area contributed by atoms with E-state index >= 15 is 0 Å². The Bertz CT molecular complexity index is 1150.